The third-order valence-electron chi connectivity index (χ3n) is 1.53. The van der Waals surface area contributed by atoms with Crippen molar-refractivity contribution in [2.75, 3.05) is 0 Å². The van der Waals surface area contributed by atoms with Gasteiger partial charge in [-0.1, -0.05) is 6.07 Å². The zero-order valence-electron chi connectivity index (χ0n) is 7.43. The second kappa shape index (κ2) is 4.60. The van der Waals surface area contributed by atoms with Gasteiger partial charge < -0.3 is 4.89 Å². The Labute approximate surface area is 88.5 Å². The molecule has 0 saturated heterocycles. The minimum atomic E-state index is -3.38. The number of nitrogens with zero attached hydrogens (tertiary/aromatic N) is 2. The molecule has 0 bridgehead atoms. The monoisotopic (exact) mass is 246 g/mol. The average Bonchev–Trinajstić information content (AvgIpc) is 2.15. The highest BCUT2D eigenvalue weighted by Crippen LogP contribution is 2.38. The summed E-state index contributed by atoms with van der Waals surface area (Å²) in [7, 11) is -3.38. The van der Waals surface area contributed by atoms with Gasteiger partial charge >= 0.3 is 19.6 Å². The summed E-state index contributed by atoms with van der Waals surface area (Å²) in [6.07, 6.45) is 0. The van der Waals surface area contributed by atoms with Crippen LogP contribution in [0.3, 0.4) is 0 Å². The minimum Gasteiger partial charge on any atom is -0.558 e. The molecule has 16 heavy (non-hydrogen) atoms. The van der Waals surface area contributed by atoms with Crippen molar-refractivity contribution in [2.24, 2.45) is 0 Å². The van der Waals surface area contributed by atoms with Crippen LogP contribution in [-0.4, -0.2) is 9.85 Å². The fraction of sp³-hybridized carbons (Fsp3) is 0. The molecule has 1 rings (SSSR count). The van der Waals surface area contributed by atoms with Gasteiger partial charge in [-0.3, -0.25) is 20.2 Å². The number of nitro groups is 2. The fourth-order valence-electron chi connectivity index (χ4n) is 0.996. The van der Waals surface area contributed by atoms with Crippen LogP contribution >= 0.6 is 8.25 Å². The van der Waals surface area contributed by atoms with Crippen molar-refractivity contribution in [1.82, 2.24) is 0 Å². The Morgan fingerprint density at radius 1 is 1.19 bits per heavy atom. The molecule has 1 atom stereocenters. The van der Waals surface area contributed by atoms with E-state index < -0.39 is 35.2 Å². The molecule has 1 aromatic carbocycles. The fourth-order valence-corrected chi connectivity index (χ4v) is 1.30. The van der Waals surface area contributed by atoms with Crippen LogP contribution < -0.4 is 9.42 Å². The normalized spacial score (nSPS) is 10.7. The predicted octanol–water partition coefficient (Wildman–Crippen LogP) is 0.899. The second-order valence-corrected chi connectivity index (χ2v) is 3.08. The van der Waals surface area contributed by atoms with E-state index in [-0.39, 0.29) is 0 Å². The molecule has 9 nitrogen and oxygen atoms in total. The lowest BCUT2D eigenvalue weighted by Crippen LogP contribution is -2.00. The molecular weight excluding hydrogens is 243 g/mol. The molecule has 0 saturated carbocycles. The van der Waals surface area contributed by atoms with Gasteiger partial charge in [0.1, 0.15) is 0 Å². The van der Waals surface area contributed by atoms with Gasteiger partial charge in [0.2, 0.25) is 0 Å². The largest absolute Gasteiger partial charge is 0.558 e. The predicted molar refractivity (Wildman–Crippen MR) is 48.0 cm³/mol. The molecule has 1 aromatic rings. The van der Waals surface area contributed by atoms with Crippen LogP contribution in [0.2, 0.25) is 0 Å². The van der Waals surface area contributed by atoms with Gasteiger partial charge in [-0.2, -0.15) is 0 Å². The quantitative estimate of drug-likeness (QED) is 0.437. The van der Waals surface area contributed by atoms with Crippen LogP contribution in [0.15, 0.2) is 18.2 Å². The summed E-state index contributed by atoms with van der Waals surface area (Å²) in [5, 5.41) is 21.0. The summed E-state index contributed by atoms with van der Waals surface area (Å²) in [5.41, 5.74) is -1.83. The average molecular weight is 246 g/mol. The number of nitro benzene ring substituents is 2. The van der Waals surface area contributed by atoms with Gasteiger partial charge in [0, 0.05) is 6.07 Å². The molecular formula is C6H3N2O7P. The summed E-state index contributed by atoms with van der Waals surface area (Å²) >= 11 is 0. The van der Waals surface area contributed by atoms with Crippen molar-refractivity contribution in [2.45, 2.75) is 0 Å². The summed E-state index contributed by atoms with van der Waals surface area (Å²) in [5.74, 6) is -0.685. The molecule has 0 aliphatic rings. The van der Waals surface area contributed by atoms with Gasteiger partial charge in [-0.15, -0.1) is 0 Å². The Hall–Kier alpha value is -2.12. The highest BCUT2D eigenvalue weighted by Gasteiger charge is 2.32. The van der Waals surface area contributed by atoms with Crippen LogP contribution in [0.5, 0.6) is 5.75 Å². The van der Waals surface area contributed by atoms with E-state index in [0.717, 1.165) is 18.2 Å². The Morgan fingerprint density at radius 3 is 2.25 bits per heavy atom. The second-order valence-electron chi connectivity index (χ2n) is 2.45. The molecule has 0 amide bonds. The van der Waals surface area contributed by atoms with Crippen molar-refractivity contribution in [3.8, 4) is 5.75 Å². The summed E-state index contributed by atoms with van der Waals surface area (Å²) < 4.78 is 14.4. The zero-order valence-corrected chi connectivity index (χ0v) is 8.33. The van der Waals surface area contributed by atoms with E-state index in [1.165, 1.54) is 0 Å². The van der Waals surface area contributed by atoms with Gasteiger partial charge in [-0.25, -0.2) is 4.52 Å². The van der Waals surface area contributed by atoms with Crippen LogP contribution in [0.25, 0.3) is 0 Å². The maximum atomic E-state index is 10.6. The van der Waals surface area contributed by atoms with Crippen molar-refractivity contribution in [3.05, 3.63) is 38.4 Å². The third kappa shape index (κ3) is 2.47. The highest BCUT2D eigenvalue weighted by atomic mass is 31.1. The van der Waals surface area contributed by atoms with Crippen molar-refractivity contribution in [1.29, 1.82) is 0 Å². The molecule has 0 aromatic heterocycles. The Balaban J connectivity index is 3.38. The van der Waals surface area contributed by atoms with Crippen LogP contribution in [0.1, 0.15) is 0 Å². The van der Waals surface area contributed by atoms with Gasteiger partial charge in [0.25, 0.3) is 5.75 Å². The van der Waals surface area contributed by atoms with E-state index in [1.54, 1.807) is 0 Å². The Kier molecular flexibility index (Phi) is 3.44. The lowest BCUT2D eigenvalue weighted by Gasteiger charge is -1.97. The van der Waals surface area contributed by atoms with Crippen molar-refractivity contribution in [3.63, 3.8) is 0 Å². The first-order valence-electron chi connectivity index (χ1n) is 3.67. The standard InChI is InChI=1S/C6H3N2O7P/c9-7(10)4-2-1-3-5(15-16(13)14)6(4)8(11)12/h1-3H. The smallest absolute Gasteiger partial charge is 0.539 e. The zero-order chi connectivity index (χ0) is 12.3. The number of hydrogen-bond acceptors (Lipinski definition) is 7. The molecule has 10 heteroatoms. The Morgan fingerprint density at radius 2 is 1.81 bits per heavy atom. The first kappa shape index (κ1) is 12.0. The van der Waals surface area contributed by atoms with Gasteiger partial charge in [0.05, 0.1) is 9.85 Å². The van der Waals surface area contributed by atoms with Crippen molar-refractivity contribution >= 4 is 19.6 Å². The molecule has 0 radical (unpaired) electrons. The van der Waals surface area contributed by atoms with E-state index in [4.69, 9.17) is 0 Å². The molecule has 0 aliphatic carbocycles. The van der Waals surface area contributed by atoms with E-state index in [0.29, 0.717) is 0 Å². The molecule has 0 heterocycles. The number of benzene rings is 1. The van der Waals surface area contributed by atoms with E-state index >= 15 is 0 Å². The third-order valence-corrected chi connectivity index (χ3v) is 1.88. The van der Waals surface area contributed by atoms with Gasteiger partial charge in [-0.05, 0) is 10.6 Å². The molecule has 0 N–H and O–H groups in total. The van der Waals surface area contributed by atoms with Crippen molar-refractivity contribution < 1.29 is 23.8 Å². The molecule has 0 fully saturated rings. The lowest BCUT2D eigenvalue weighted by atomic mass is 10.2. The SMILES string of the molecule is O=[N+]([O-])c1cccc(O[P+](=O)[O-])c1[N+](=O)[O-]. The number of hydrogen-bond donors (Lipinski definition) is 0. The number of rotatable bonds is 4. The van der Waals surface area contributed by atoms with E-state index in [9.17, 15) is 29.7 Å². The first-order chi connectivity index (χ1) is 7.43. The maximum Gasteiger partial charge on any atom is 0.539 e. The molecule has 84 valence electrons. The molecule has 0 spiro atoms. The maximum absolute atomic E-state index is 10.6. The van der Waals surface area contributed by atoms with Crippen LogP contribution in [0, 0.1) is 20.2 Å². The van der Waals surface area contributed by atoms with E-state index in [1.807, 2.05) is 0 Å². The first-order valence-corrected chi connectivity index (χ1v) is 4.77. The lowest BCUT2D eigenvalue weighted by molar-refractivity contribution is -0.422. The summed E-state index contributed by atoms with van der Waals surface area (Å²) in [4.78, 5) is 29.2. The minimum absolute atomic E-state index is 0.685. The topological polar surface area (TPSA) is 136 Å². The molecule has 1 unspecified atom stereocenters. The molecule has 0 aliphatic heterocycles. The highest BCUT2D eigenvalue weighted by molar-refractivity contribution is 7.31. The van der Waals surface area contributed by atoms with Crippen LogP contribution in [-0.2, 0) is 4.57 Å². The van der Waals surface area contributed by atoms with E-state index in [2.05, 4.69) is 4.52 Å². The van der Waals surface area contributed by atoms with Gasteiger partial charge in [0.15, 0.2) is 0 Å². The van der Waals surface area contributed by atoms with Crippen LogP contribution in [0.4, 0.5) is 11.4 Å². The summed E-state index contributed by atoms with van der Waals surface area (Å²) in [6, 6.07) is 2.92. The number of para-hydroxylation sites is 1. The Bertz CT molecular complexity index is 474. The summed E-state index contributed by atoms with van der Waals surface area (Å²) in [6.45, 7) is 0.